The fourth-order valence-corrected chi connectivity index (χ4v) is 1.67. The molecule has 0 radical (unpaired) electrons. The predicted molar refractivity (Wildman–Crippen MR) is 64.2 cm³/mol. The summed E-state index contributed by atoms with van der Waals surface area (Å²) in [5, 5.41) is 11.4. The Morgan fingerprint density at radius 1 is 1.33 bits per heavy atom. The highest BCUT2D eigenvalue weighted by Crippen LogP contribution is 2.13. The summed E-state index contributed by atoms with van der Waals surface area (Å²) in [6.07, 6.45) is 0.347. The van der Waals surface area contributed by atoms with E-state index in [9.17, 15) is 13.6 Å². The second-order valence-corrected chi connectivity index (χ2v) is 4.43. The molecule has 0 heterocycles. The Balaban J connectivity index is 2.87. The van der Waals surface area contributed by atoms with Gasteiger partial charge in [-0.3, -0.25) is 4.79 Å². The van der Waals surface area contributed by atoms with Gasteiger partial charge < -0.3 is 10.4 Å². The van der Waals surface area contributed by atoms with Crippen LogP contribution in [-0.2, 0) is 0 Å². The molecule has 18 heavy (non-hydrogen) atoms. The van der Waals surface area contributed by atoms with Crippen molar-refractivity contribution < 1.29 is 18.7 Å². The second kappa shape index (κ2) is 6.44. The van der Waals surface area contributed by atoms with Gasteiger partial charge in [0.05, 0.1) is 0 Å². The molecular weight excluding hydrogens is 240 g/mol. The second-order valence-electron chi connectivity index (χ2n) is 4.43. The summed E-state index contributed by atoms with van der Waals surface area (Å²) in [4.78, 5) is 11.8. The van der Waals surface area contributed by atoms with E-state index in [-0.39, 0.29) is 18.6 Å². The first kappa shape index (κ1) is 14.6. The minimum absolute atomic E-state index is 0.0657. The quantitative estimate of drug-likeness (QED) is 0.848. The van der Waals surface area contributed by atoms with Gasteiger partial charge in [0.1, 0.15) is 17.2 Å². The lowest BCUT2D eigenvalue weighted by Gasteiger charge is -2.21. The predicted octanol–water partition coefficient (Wildman–Crippen LogP) is 2.10. The SMILES string of the molecule is CC(C)C(CCO)NC(=O)c1c(F)cccc1F. The van der Waals surface area contributed by atoms with E-state index in [0.717, 1.165) is 12.1 Å². The number of carbonyl (C=O) groups is 1. The highest BCUT2D eigenvalue weighted by molar-refractivity contribution is 5.94. The molecule has 3 nitrogen and oxygen atoms in total. The zero-order valence-electron chi connectivity index (χ0n) is 10.4. The molecule has 0 aliphatic heterocycles. The molecule has 0 bridgehead atoms. The molecule has 1 amide bonds. The maximum atomic E-state index is 13.4. The van der Waals surface area contributed by atoms with Crippen LogP contribution < -0.4 is 5.32 Å². The van der Waals surface area contributed by atoms with Gasteiger partial charge >= 0.3 is 0 Å². The van der Waals surface area contributed by atoms with Gasteiger partial charge in [0.15, 0.2) is 0 Å². The number of amides is 1. The van der Waals surface area contributed by atoms with Crippen LogP contribution >= 0.6 is 0 Å². The minimum atomic E-state index is -0.890. The van der Waals surface area contributed by atoms with Crippen LogP contribution in [0.4, 0.5) is 8.78 Å². The topological polar surface area (TPSA) is 49.3 Å². The van der Waals surface area contributed by atoms with Crippen molar-refractivity contribution in [2.24, 2.45) is 5.92 Å². The first-order valence-corrected chi connectivity index (χ1v) is 5.83. The fraction of sp³-hybridized carbons (Fsp3) is 0.462. The van der Waals surface area contributed by atoms with Gasteiger partial charge in [0.2, 0.25) is 0 Å². The average molecular weight is 257 g/mol. The molecule has 1 rings (SSSR count). The molecule has 1 aromatic carbocycles. The van der Waals surface area contributed by atoms with E-state index in [2.05, 4.69) is 5.32 Å². The average Bonchev–Trinajstić information content (AvgIpc) is 2.28. The van der Waals surface area contributed by atoms with Gasteiger partial charge in [-0.2, -0.15) is 0 Å². The highest BCUT2D eigenvalue weighted by Gasteiger charge is 2.21. The van der Waals surface area contributed by atoms with Crippen LogP contribution in [0.5, 0.6) is 0 Å². The van der Waals surface area contributed by atoms with Crippen LogP contribution in [0.1, 0.15) is 30.6 Å². The molecule has 2 N–H and O–H groups in total. The van der Waals surface area contributed by atoms with Gasteiger partial charge in [-0.25, -0.2) is 8.78 Å². The number of aliphatic hydroxyl groups is 1. The van der Waals surface area contributed by atoms with Crippen molar-refractivity contribution in [3.05, 3.63) is 35.4 Å². The zero-order chi connectivity index (χ0) is 13.7. The molecule has 0 aromatic heterocycles. The fourth-order valence-electron chi connectivity index (χ4n) is 1.67. The molecule has 0 aliphatic rings. The number of rotatable bonds is 5. The van der Waals surface area contributed by atoms with E-state index >= 15 is 0 Å². The molecule has 1 unspecified atom stereocenters. The number of hydrogen-bond acceptors (Lipinski definition) is 2. The van der Waals surface area contributed by atoms with Crippen LogP contribution in [0, 0.1) is 17.6 Å². The molecule has 1 aromatic rings. The first-order valence-electron chi connectivity index (χ1n) is 5.83. The molecule has 1 atom stereocenters. The standard InChI is InChI=1S/C13H17F2NO2/c1-8(2)11(6-7-17)16-13(18)12-9(14)4-3-5-10(12)15/h3-5,8,11,17H,6-7H2,1-2H3,(H,16,18). The van der Waals surface area contributed by atoms with E-state index in [1.54, 1.807) is 0 Å². The van der Waals surface area contributed by atoms with E-state index in [1.807, 2.05) is 13.8 Å². The lowest BCUT2D eigenvalue weighted by atomic mass is 10.0. The summed E-state index contributed by atoms with van der Waals surface area (Å²) in [5.74, 6) is -2.51. The summed E-state index contributed by atoms with van der Waals surface area (Å²) in [7, 11) is 0. The number of aliphatic hydroxyl groups excluding tert-OH is 1. The zero-order valence-corrected chi connectivity index (χ0v) is 10.4. The molecule has 0 saturated heterocycles. The van der Waals surface area contributed by atoms with Crippen LogP contribution in [-0.4, -0.2) is 23.7 Å². The normalized spacial score (nSPS) is 12.6. The maximum Gasteiger partial charge on any atom is 0.257 e. The van der Waals surface area contributed by atoms with Crippen molar-refractivity contribution in [3.63, 3.8) is 0 Å². The van der Waals surface area contributed by atoms with Gasteiger partial charge in [-0.1, -0.05) is 19.9 Å². The van der Waals surface area contributed by atoms with Crippen LogP contribution in [0.15, 0.2) is 18.2 Å². The van der Waals surface area contributed by atoms with Gasteiger partial charge in [-0.15, -0.1) is 0 Å². The Hall–Kier alpha value is -1.49. The molecule has 5 heteroatoms. The van der Waals surface area contributed by atoms with E-state index in [1.165, 1.54) is 6.07 Å². The molecule has 0 aliphatic carbocycles. The minimum Gasteiger partial charge on any atom is -0.396 e. The van der Waals surface area contributed by atoms with Crippen LogP contribution in [0.25, 0.3) is 0 Å². The lowest BCUT2D eigenvalue weighted by molar-refractivity contribution is 0.0908. The monoisotopic (exact) mass is 257 g/mol. The van der Waals surface area contributed by atoms with Gasteiger partial charge in [-0.05, 0) is 24.5 Å². The number of benzene rings is 1. The van der Waals surface area contributed by atoms with Crippen molar-refractivity contribution in [3.8, 4) is 0 Å². The number of halogens is 2. The summed E-state index contributed by atoms with van der Waals surface area (Å²) in [5.41, 5.74) is -0.582. The highest BCUT2D eigenvalue weighted by atomic mass is 19.1. The van der Waals surface area contributed by atoms with Crippen LogP contribution in [0.3, 0.4) is 0 Å². The summed E-state index contributed by atoms with van der Waals surface area (Å²) in [6, 6.07) is 2.96. The number of carbonyl (C=O) groups excluding carboxylic acids is 1. The maximum absolute atomic E-state index is 13.4. The van der Waals surface area contributed by atoms with Crippen molar-refractivity contribution in [1.29, 1.82) is 0 Å². The Kier molecular flexibility index (Phi) is 5.22. The Bertz CT molecular complexity index is 401. The third-order valence-electron chi connectivity index (χ3n) is 2.75. The third-order valence-corrected chi connectivity index (χ3v) is 2.75. The van der Waals surface area contributed by atoms with Gasteiger partial charge in [0, 0.05) is 12.6 Å². The van der Waals surface area contributed by atoms with Crippen molar-refractivity contribution in [1.82, 2.24) is 5.32 Å². The Morgan fingerprint density at radius 3 is 2.33 bits per heavy atom. The molecular formula is C13H17F2NO2. The van der Waals surface area contributed by atoms with E-state index in [0.29, 0.717) is 6.42 Å². The Morgan fingerprint density at radius 2 is 1.89 bits per heavy atom. The molecule has 0 fully saturated rings. The first-order chi connectivity index (χ1) is 8.47. The van der Waals surface area contributed by atoms with Crippen molar-refractivity contribution in [2.45, 2.75) is 26.3 Å². The van der Waals surface area contributed by atoms with E-state index in [4.69, 9.17) is 5.11 Å². The molecule has 0 spiro atoms. The summed E-state index contributed by atoms with van der Waals surface area (Å²) in [6.45, 7) is 3.62. The largest absolute Gasteiger partial charge is 0.396 e. The summed E-state index contributed by atoms with van der Waals surface area (Å²) >= 11 is 0. The number of nitrogens with one attached hydrogen (secondary N) is 1. The Labute approximate surface area is 105 Å². The van der Waals surface area contributed by atoms with Crippen molar-refractivity contribution in [2.75, 3.05) is 6.61 Å². The van der Waals surface area contributed by atoms with Gasteiger partial charge in [0.25, 0.3) is 5.91 Å². The summed E-state index contributed by atoms with van der Waals surface area (Å²) < 4.78 is 26.8. The van der Waals surface area contributed by atoms with Crippen molar-refractivity contribution >= 4 is 5.91 Å². The lowest BCUT2D eigenvalue weighted by Crippen LogP contribution is -2.39. The van der Waals surface area contributed by atoms with Crippen LogP contribution in [0.2, 0.25) is 0 Å². The molecule has 0 saturated carbocycles. The smallest absolute Gasteiger partial charge is 0.257 e. The molecule has 100 valence electrons. The van der Waals surface area contributed by atoms with E-state index < -0.39 is 23.1 Å². The number of hydrogen-bond donors (Lipinski definition) is 2. The third kappa shape index (κ3) is 3.50.